The van der Waals surface area contributed by atoms with Crippen LogP contribution in [0, 0.1) is 5.92 Å². The van der Waals surface area contributed by atoms with E-state index in [2.05, 4.69) is 17.6 Å². The van der Waals surface area contributed by atoms with Gasteiger partial charge in [0.2, 0.25) is 5.91 Å². The fourth-order valence-electron chi connectivity index (χ4n) is 3.26. The molecule has 0 bridgehead atoms. The molecule has 1 saturated heterocycles. The van der Waals surface area contributed by atoms with Crippen molar-refractivity contribution in [2.24, 2.45) is 5.92 Å². The van der Waals surface area contributed by atoms with E-state index in [9.17, 15) is 4.79 Å². The summed E-state index contributed by atoms with van der Waals surface area (Å²) >= 11 is 2.05. The maximum atomic E-state index is 12.0. The minimum atomic E-state index is 0.283. The zero-order valence-corrected chi connectivity index (χ0v) is 12.9. The van der Waals surface area contributed by atoms with Crippen LogP contribution in [-0.2, 0) is 4.79 Å². The molecule has 2 rings (SSSR count). The number of carbonyl (C=O) groups excluding carboxylic acids is 1. The highest BCUT2D eigenvalue weighted by Crippen LogP contribution is 2.29. The molecular formula is C15H28N2OS. The average molecular weight is 284 g/mol. The van der Waals surface area contributed by atoms with E-state index in [0.717, 1.165) is 37.1 Å². The van der Waals surface area contributed by atoms with Crippen LogP contribution in [-0.4, -0.2) is 36.0 Å². The van der Waals surface area contributed by atoms with Crippen LogP contribution in [0.4, 0.5) is 0 Å². The number of piperidine rings is 1. The van der Waals surface area contributed by atoms with Gasteiger partial charge in [-0.15, -0.1) is 0 Å². The fourth-order valence-corrected chi connectivity index (χ4v) is 4.41. The maximum Gasteiger partial charge on any atom is 0.220 e. The van der Waals surface area contributed by atoms with Crippen LogP contribution < -0.4 is 10.6 Å². The summed E-state index contributed by atoms with van der Waals surface area (Å²) in [5.41, 5.74) is 0. The van der Waals surface area contributed by atoms with Gasteiger partial charge in [-0.1, -0.05) is 6.92 Å². The Balaban J connectivity index is 1.59. The van der Waals surface area contributed by atoms with Gasteiger partial charge in [-0.2, -0.15) is 11.8 Å². The molecule has 1 saturated carbocycles. The summed E-state index contributed by atoms with van der Waals surface area (Å²) in [7, 11) is 0. The Labute approximate surface area is 121 Å². The molecule has 1 amide bonds. The smallest absolute Gasteiger partial charge is 0.220 e. The van der Waals surface area contributed by atoms with Crippen LogP contribution >= 0.6 is 11.8 Å². The number of carbonyl (C=O) groups is 1. The third-order valence-corrected chi connectivity index (χ3v) is 5.62. The van der Waals surface area contributed by atoms with Crippen LogP contribution in [0.1, 0.15) is 51.9 Å². The van der Waals surface area contributed by atoms with Gasteiger partial charge in [0, 0.05) is 17.7 Å². The zero-order valence-electron chi connectivity index (χ0n) is 12.1. The summed E-state index contributed by atoms with van der Waals surface area (Å²) in [4.78, 5) is 12.0. The summed E-state index contributed by atoms with van der Waals surface area (Å²) in [6.07, 6.45) is 7.92. The predicted octanol–water partition coefficient (Wildman–Crippen LogP) is 2.56. The van der Waals surface area contributed by atoms with Crippen LogP contribution in [0.15, 0.2) is 0 Å². The highest BCUT2D eigenvalue weighted by Gasteiger charge is 2.25. The monoisotopic (exact) mass is 284 g/mol. The molecule has 1 aliphatic carbocycles. The number of hydrogen-bond acceptors (Lipinski definition) is 3. The molecule has 0 aromatic rings. The first-order valence-corrected chi connectivity index (χ1v) is 8.94. The molecule has 2 aliphatic rings. The predicted molar refractivity (Wildman–Crippen MR) is 82.5 cm³/mol. The second-order valence-electron chi connectivity index (χ2n) is 5.89. The van der Waals surface area contributed by atoms with Crippen molar-refractivity contribution in [3.63, 3.8) is 0 Å². The van der Waals surface area contributed by atoms with E-state index in [1.807, 2.05) is 11.8 Å². The summed E-state index contributed by atoms with van der Waals surface area (Å²) in [5, 5.41) is 7.39. The van der Waals surface area contributed by atoms with E-state index >= 15 is 0 Å². The molecule has 0 spiro atoms. The molecule has 3 nitrogen and oxygen atoms in total. The standard InChI is InChI=1S/C15H28N2OS/c1-2-19-14-5-4-13(11-14)17-15(18)6-3-12-7-9-16-10-8-12/h12-14,16H,2-11H2,1H3,(H,17,18). The van der Waals surface area contributed by atoms with E-state index < -0.39 is 0 Å². The first kappa shape index (κ1) is 15.2. The summed E-state index contributed by atoms with van der Waals surface area (Å²) in [5.74, 6) is 2.24. The molecule has 19 heavy (non-hydrogen) atoms. The maximum absolute atomic E-state index is 12.0. The van der Waals surface area contributed by atoms with Gasteiger partial charge in [0.05, 0.1) is 0 Å². The van der Waals surface area contributed by atoms with Crippen molar-refractivity contribution in [3.05, 3.63) is 0 Å². The Hall–Kier alpha value is -0.220. The van der Waals surface area contributed by atoms with E-state index in [1.54, 1.807) is 0 Å². The lowest BCUT2D eigenvalue weighted by Crippen LogP contribution is -2.34. The molecular weight excluding hydrogens is 256 g/mol. The van der Waals surface area contributed by atoms with Crippen molar-refractivity contribution in [2.75, 3.05) is 18.8 Å². The Bertz CT molecular complexity index is 279. The molecule has 0 radical (unpaired) electrons. The lowest BCUT2D eigenvalue weighted by Gasteiger charge is -2.22. The number of nitrogens with one attached hydrogen (secondary N) is 2. The third kappa shape index (κ3) is 5.35. The molecule has 2 unspecified atom stereocenters. The molecule has 2 N–H and O–H groups in total. The Kier molecular flexibility index (Phi) is 6.51. The number of amides is 1. The first-order chi connectivity index (χ1) is 9.28. The first-order valence-electron chi connectivity index (χ1n) is 7.89. The highest BCUT2D eigenvalue weighted by atomic mass is 32.2. The zero-order chi connectivity index (χ0) is 13.5. The van der Waals surface area contributed by atoms with Gasteiger partial charge in [-0.3, -0.25) is 4.79 Å². The van der Waals surface area contributed by atoms with E-state index in [0.29, 0.717) is 6.04 Å². The van der Waals surface area contributed by atoms with Crippen molar-refractivity contribution in [2.45, 2.75) is 63.2 Å². The van der Waals surface area contributed by atoms with Gasteiger partial charge in [0.15, 0.2) is 0 Å². The molecule has 2 fully saturated rings. The quantitative estimate of drug-likeness (QED) is 0.787. The van der Waals surface area contributed by atoms with E-state index in [-0.39, 0.29) is 5.91 Å². The van der Waals surface area contributed by atoms with Crippen LogP contribution in [0.3, 0.4) is 0 Å². The lowest BCUT2D eigenvalue weighted by atomic mass is 9.93. The number of hydrogen-bond donors (Lipinski definition) is 2. The molecule has 2 atom stereocenters. The third-order valence-electron chi connectivity index (χ3n) is 4.39. The van der Waals surface area contributed by atoms with Gasteiger partial charge in [0.25, 0.3) is 0 Å². The number of rotatable bonds is 6. The van der Waals surface area contributed by atoms with E-state index in [1.165, 1.54) is 37.9 Å². The Morgan fingerprint density at radius 3 is 2.79 bits per heavy atom. The summed E-state index contributed by atoms with van der Waals surface area (Å²) in [6, 6.07) is 0.449. The van der Waals surface area contributed by atoms with Crippen LogP contribution in [0.25, 0.3) is 0 Å². The topological polar surface area (TPSA) is 41.1 Å². The second-order valence-corrected chi connectivity index (χ2v) is 7.46. The van der Waals surface area contributed by atoms with Crippen molar-refractivity contribution in [1.82, 2.24) is 10.6 Å². The molecule has 1 heterocycles. The highest BCUT2D eigenvalue weighted by molar-refractivity contribution is 7.99. The van der Waals surface area contributed by atoms with Crippen molar-refractivity contribution in [3.8, 4) is 0 Å². The van der Waals surface area contributed by atoms with Crippen molar-refractivity contribution < 1.29 is 4.79 Å². The van der Waals surface area contributed by atoms with E-state index in [4.69, 9.17) is 0 Å². The minimum absolute atomic E-state index is 0.283. The van der Waals surface area contributed by atoms with Gasteiger partial charge in [-0.05, 0) is 63.3 Å². The minimum Gasteiger partial charge on any atom is -0.353 e. The molecule has 110 valence electrons. The fraction of sp³-hybridized carbons (Fsp3) is 0.933. The molecule has 4 heteroatoms. The molecule has 0 aromatic heterocycles. The van der Waals surface area contributed by atoms with Crippen LogP contribution in [0.2, 0.25) is 0 Å². The Morgan fingerprint density at radius 1 is 1.26 bits per heavy atom. The van der Waals surface area contributed by atoms with Crippen molar-refractivity contribution in [1.29, 1.82) is 0 Å². The van der Waals surface area contributed by atoms with Crippen molar-refractivity contribution >= 4 is 17.7 Å². The van der Waals surface area contributed by atoms with Gasteiger partial charge in [0.1, 0.15) is 0 Å². The lowest BCUT2D eigenvalue weighted by molar-refractivity contribution is -0.122. The average Bonchev–Trinajstić information content (AvgIpc) is 2.85. The second kappa shape index (κ2) is 8.15. The summed E-state index contributed by atoms with van der Waals surface area (Å²) in [6.45, 7) is 4.48. The largest absolute Gasteiger partial charge is 0.353 e. The van der Waals surface area contributed by atoms with Gasteiger partial charge < -0.3 is 10.6 Å². The molecule has 0 aromatic carbocycles. The molecule has 1 aliphatic heterocycles. The van der Waals surface area contributed by atoms with Crippen LogP contribution in [0.5, 0.6) is 0 Å². The van der Waals surface area contributed by atoms with Gasteiger partial charge >= 0.3 is 0 Å². The summed E-state index contributed by atoms with van der Waals surface area (Å²) < 4.78 is 0. The Morgan fingerprint density at radius 2 is 2.05 bits per heavy atom. The van der Waals surface area contributed by atoms with Gasteiger partial charge in [-0.25, -0.2) is 0 Å². The number of thioether (sulfide) groups is 1. The SMILES string of the molecule is CCSC1CCC(NC(=O)CCC2CCNCC2)C1. The normalized spacial score (nSPS) is 28.5.